The van der Waals surface area contributed by atoms with Crippen molar-refractivity contribution in [2.75, 3.05) is 12.4 Å². The lowest BCUT2D eigenvalue weighted by Gasteiger charge is -2.43. The number of carbonyl (C=O) groups is 4. The van der Waals surface area contributed by atoms with Gasteiger partial charge in [0.2, 0.25) is 11.8 Å². The molecule has 10 heteroatoms. The van der Waals surface area contributed by atoms with Crippen molar-refractivity contribution in [2.24, 2.45) is 5.73 Å². The highest BCUT2D eigenvalue weighted by Crippen LogP contribution is 2.34. The van der Waals surface area contributed by atoms with Gasteiger partial charge >= 0.3 is 6.09 Å². The molecule has 0 bridgehead atoms. The largest absolute Gasteiger partial charge is 0.497 e. The third kappa shape index (κ3) is 8.46. The maximum Gasteiger partial charge on any atom is 0.408 e. The van der Waals surface area contributed by atoms with Crippen molar-refractivity contribution in [2.45, 2.75) is 76.6 Å². The molecule has 1 aliphatic carbocycles. The van der Waals surface area contributed by atoms with Gasteiger partial charge < -0.3 is 30.7 Å². The second-order valence-corrected chi connectivity index (χ2v) is 10.6. The van der Waals surface area contributed by atoms with Crippen molar-refractivity contribution in [1.82, 2.24) is 10.2 Å². The summed E-state index contributed by atoms with van der Waals surface area (Å²) in [6, 6.07) is 13.6. The molecule has 1 saturated carbocycles. The van der Waals surface area contributed by atoms with Crippen LogP contribution in [0.15, 0.2) is 54.6 Å². The molecular formula is C29H38N4O6. The molecule has 210 valence electrons. The second kappa shape index (κ2) is 13.1. The Bertz CT molecular complexity index is 1140. The maximum absolute atomic E-state index is 14.2. The van der Waals surface area contributed by atoms with E-state index in [1.807, 2.05) is 6.07 Å². The van der Waals surface area contributed by atoms with Crippen molar-refractivity contribution in [3.05, 3.63) is 60.2 Å². The van der Waals surface area contributed by atoms with Crippen LogP contribution < -0.4 is 21.1 Å². The molecule has 0 spiro atoms. The zero-order valence-corrected chi connectivity index (χ0v) is 22.9. The normalized spacial score (nSPS) is 14.8. The van der Waals surface area contributed by atoms with Gasteiger partial charge in [-0.3, -0.25) is 14.4 Å². The number of primary amides is 1. The number of hydrogen-bond donors (Lipinski definition) is 3. The lowest BCUT2D eigenvalue weighted by atomic mass is 9.87. The van der Waals surface area contributed by atoms with Crippen LogP contribution in [0.3, 0.4) is 0 Å². The monoisotopic (exact) mass is 538 g/mol. The van der Waals surface area contributed by atoms with E-state index < -0.39 is 41.5 Å². The van der Waals surface area contributed by atoms with Gasteiger partial charge in [0.15, 0.2) is 0 Å². The summed E-state index contributed by atoms with van der Waals surface area (Å²) < 4.78 is 10.6. The Morgan fingerprint density at radius 2 is 1.67 bits per heavy atom. The van der Waals surface area contributed by atoms with Crippen molar-refractivity contribution in [1.29, 1.82) is 0 Å². The fourth-order valence-electron chi connectivity index (χ4n) is 4.32. The fourth-order valence-corrected chi connectivity index (χ4v) is 4.32. The summed E-state index contributed by atoms with van der Waals surface area (Å²) in [6.07, 6.45) is 1.37. The molecule has 2 atom stereocenters. The quantitative estimate of drug-likeness (QED) is 0.396. The Morgan fingerprint density at radius 1 is 1.03 bits per heavy atom. The van der Waals surface area contributed by atoms with Crippen molar-refractivity contribution >= 4 is 29.5 Å². The van der Waals surface area contributed by atoms with Gasteiger partial charge in [0.05, 0.1) is 7.11 Å². The zero-order valence-electron chi connectivity index (χ0n) is 22.9. The number of nitrogens with zero attached hydrogens (tertiary/aromatic N) is 1. The van der Waals surface area contributed by atoms with E-state index in [1.165, 1.54) is 0 Å². The van der Waals surface area contributed by atoms with E-state index in [4.69, 9.17) is 15.2 Å². The summed E-state index contributed by atoms with van der Waals surface area (Å²) in [6.45, 7) is 5.13. The smallest absolute Gasteiger partial charge is 0.408 e. The molecule has 0 aliphatic heterocycles. The van der Waals surface area contributed by atoms with Gasteiger partial charge in [-0.15, -0.1) is 0 Å². The number of rotatable bonds is 11. The molecule has 1 fully saturated rings. The van der Waals surface area contributed by atoms with Gasteiger partial charge in [-0.05, 0) is 76.3 Å². The second-order valence-electron chi connectivity index (χ2n) is 10.6. The summed E-state index contributed by atoms with van der Waals surface area (Å²) in [5, 5.41) is 5.53. The summed E-state index contributed by atoms with van der Waals surface area (Å²) >= 11 is 0. The first kappa shape index (κ1) is 29.5. The van der Waals surface area contributed by atoms with Crippen molar-refractivity contribution < 1.29 is 28.7 Å². The first-order chi connectivity index (χ1) is 18.5. The summed E-state index contributed by atoms with van der Waals surface area (Å²) in [5.41, 5.74) is 5.74. The van der Waals surface area contributed by atoms with Crippen LogP contribution in [0.4, 0.5) is 10.5 Å². The first-order valence-electron chi connectivity index (χ1n) is 13.1. The van der Waals surface area contributed by atoms with Crippen molar-refractivity contribution in [3.63, 3.8) is 0 Å². The van der Waals surface area contributed by atoms with Crippen molar-refractivity contribution in [3.8, 4) is 5.75 Å². The van der Waals surface area contributed by atoms with Crippen LogP contribution in [0.5, 0.6) is 5.75 Å². The van der Waals surface area contributed by atoms with E-state index in [0.717, 1.165) is 6.42 Å². The molecule has 2 aromatic rings. The summed E-state index contributed by atoms with van der Waals surface area (Å²) in [5.74, 6) is -0.849. The molecular weight excluding hydrogens is 500 g/mol. The summed E-state index contributed by atoms with van der Waals surface area (Å²) in [7, 11) is 1.56. The molecule has 0 aromatic heterocycles. The Balaban J connectivity index is 1.97. The molecule has 2 aromatic carbocycles. The molecule has 4 N–H and O–H groups in total. The Hall–Kier alpha value is -4.08. The predicted molar refractivity (Wildman–Crippen MR) is 147 cm³/mol. The molecule has 4 amide bonds. The summed E-state index contributed by atoms with van der Waals surface area (Å²) in [4.78, 5) is 53.8. The predicted octanol–water partition coefficient (Wildman–Crippen LogP) is 3.91. The lowest BCUT2D eigenvalue weighted by Crippen LogP contribution is -2.57. The molecule has 0 heterocycles. The van der Waals surface area contributed by atoms with Crippen LogP contribution in [-0.2, 0) is 19.1 Å². The number of ether oxygens (including phenoxy) is 2. The van der Waals surface area contributed by atoms with Crippen LogP contribution in [0.1, 0.15) is 64.5 Å². The number of carbonyl (C=O) groups excluding carboxylic acids is 4. The molecule has 0 saturated heterocycles. The highest BCUT2D eigenvalue weighted by Gasteiger charge is 2.42. The number of amides is 4. The number of hydrogen-bond acceptors (Lipinski definition) is 6. The minimum atomic E-state index is -1.12. The van der Waals surface area contributed by atoms with Crippen LogP contribution in [0, 0.1) is 0 Å². The highest BCUT2D eigenvalue weighted by atomic mass is 16.6. The Kier molecular flexibility index (Phi) is 9.92. The van der Waals surface area contributed by atoms with Gasteiger partial charge in [-0.2, -0.15) is 0 Å². The lowest BCUT2D eigenvalue weighted by molar-refractivity contribution is -0.146. The third-order valence-electron chi connectivity index (χ3n) is 6.39. The van der Waals surface area contributed by atoms with E-state index in [-0.39, 0.29) is 18.9 Å². The van der Waals surface area contributed by atoms with E-state index in [9.17, 15) is 19.2 Å². The van der Waals surface area contributed by atoms with Crippen LogP contribution >= 0.6 is 0 Å². The van der Waals surface area contributed by atoms with Crippen LogP contribution in [0.2, 0.25) is 0 Å². The molecule has 39 heavy (non-hydrogen) atoms. The zero-order chi connectivity index (χ0) is 28.6. The SMILES string of the molecule is COc1ccc(NC(=O)C(c2ccccc2)N(C(=O)C(CCC(N)=O)NC(=O)OC(C)(C)C)C2CCC2)cc1. The number of anilines is 1. The van der Waals surface area contributed by atoms with Gasteiger partial charge in [-0.25, -0.2) is 4.79 Å². The topological polar surface area (TPSA) is 140 Å². The van der Waals surface area contributed by atoms with Gasteiger partial charge in [0.1, 0.15) is 23.4 Å². The Morgan fingerprint density at radius 3 is 2.18 bits per heavy atom. The number of benzene rings is 2. The van der Waals surface area contributed by atoms with Gasteiger partial charge in [0.25, 0.3) is 5.91 Å². The third-order valence-corrected chi connectivity index (χ3v) is 6.39. The standard InChI is InChI=1S/C29H38N4O6/c1-29(2,3)39-28(37)32-23(17-18-24(30)34)27(36)33(21-11-8-12-21)25(19-9-6-5-7-10-19)26(35)31-20-13-15-22(38-4)16-14-20/h5-7,9-10,13-16,21,23,25H,8,11-12,17-18H2,1-4H3,(H2,30,34)(H,31,35)(H,32,37). The van der Waals surface area contributed by atoms with Gasteiger partial charge in [-0.1, -0.05) is 30.3 Å². The van der Waals surface area contributed by atoms with Crippen LogP contribution in [0.25, 0.3) is 0 Å². The minimum Gasteiger partial charge on any atom is -0.497 e. The average Bonchev–Trinajstić information content (AvgIpc) is 2.84. The Labute approximate surface area is 229 Å². The number of methoxy groups -OCH3 is 1. The number of alkyl carbamates (subject to hydrolysis) is 1. The maximum atomic E-state index is 14.2. The molecule has 10 nitrogen and oxygen atoms in total. The van der Waals surface area contributed by atoms with Gasteiger partial charge in [0, 0.05) is 18.2 Å². The van der Waals surface area contributed by atoms with E-state index >= 15 is 0 Å². The number of nitrogens with two attached hydrogens (primary N) is 1. The van der Waals surface area contributed by atoms with Crippen LogP contribution in [-0.4, -0.2) is 53.5 Å². The molecule has 3 rings (SSSR count). The minimum absolute atomic E-state index is 0.0295. The highest BCUT2D eigenvalue weighted by molar-refractivity contribution is 5.99. The van der Waals surface area contributed by atoms with E-state index in [0.29, 0.717) is 29.8 Å². The first-order valence-corrected chi connectivity index (χ1v) is 13.1. The fraction of sp³-hybridized carbons (Fsp3) is 0.448. The average molecular weight is 539 g/mol. The number of nitrogens with one attached hydrogen (secondary N) is 2. The molecule has 0 radical (unpaired) electrons. The molecule has 1 aliphatic rings. The molecule has 2 unspecified atom stereocenters. The van der Waals surface area contributed by atoms with E-state index in [1.54, 1.807) is 81.3 Å². The van der Waals surface area contributed by atoms with E-state index in [2.05, 4.69) is 10.6 Å².